The number of aromatic nitrogens is 2. The molecule has 3 heterocycles. The van der Waals surface area contributed by atoms with Crippen molar-refractivity contribution in [3.05, 3.63) is 65.4 Å². The van der Waals surface area contributed by atoms with Crippen LogP contribution >= 0.6 is 11.3 Å². The minimum Gasteiger partial charge on any atom is -0.337 e. The van der Waals surface area contributed by atoms with E-state index < -0.39 is 0 Å². The van der Waals surface area contributed by atoms with Crippen LogP contribution in [0.2, 0.25) is 0 Å². The monoisotopic (exact) mass is 420 g/mol. The molecule has 30 heavy (non-hydrogen) atoms. The second-order valence-corrected chi connectivity index (χ2v) is 8.50. The summed E-state index contributed by atoms with van der Waals surface area (Å²) in [5.74, 6) is -0.185. The zero-order chi connectivity index (χ0) is 21.1. The van der Waals surface area contributed by atoms with Crippen molar-refractivity contribution in [1.82, 2.24) is 14.9 Å². The smallest absolute Gasteiger partial charge is 0.265 e. The van der Waals surface area contributed by atoms with E-state index in [0.29, 0.717) is 18.0 Å². The van der Waals surface area contributed by atoms with Gasteiger partial charge in [0.25, 0.3) is 5.91 Å². The lowest BCUT2D eigenvalue weighted by atomic mass is 9.96. The molecule has 3 aromatic rings. The summed E-state index contributed by atoms with van der Waals surface area (Å²) in [6, 6.07) is 13.4. The van der Waals surface area contributed by atoms with Crippen molar-refractivity contribution < 1.29 is 9.59 Å². The summed E-state index contributed by atoms with van der Waals surface area (Å²) in [6.45, 7) is 2.96. The number of thiazole rings is 1. The normalized spacial score (nSPS) is 16.3. The summed E-state index contributed by atoms with van der Waals surface area (Å²) in [4.78, 5) is 39.1. The van der Waals surface area contributed by atoms with Gasteiger partial charge in [-0.15, -0.1) is 11.3 Å². The molecule has 7 heteroatoms. The molecule has 1 fully saturated rings. The minimum atomic E-state index is -0.195. The summed E-state index contributed by atoms with van der Waals surface area (Å²) in [5.41, 5.74) is 2.49. The fraction of sp³-hybridized carbons (Fsp3) is 0.304. The van der Waals surface area contributed by atoms with Crippen LogP contribution in [0.1, 0.15) is 28.2 Å². The number of anilines is 1. The number of carbonyl (C=O) groups excluding carboxylic acids is 2. The van der Waals surface area contributed by atoms with Crippen LogP contribution in [0.5, 0.6) is 0 Å². The summed E-state index contributed by atoms with van der Waals surface area (Å²) < 4.78 is 0. The first-order valence-corrected chi connectivity index (χ1v) is 10.9. The van der Waals surface area contributed by atoms with E-state index in [4.69, 9.17) is 0 Å². The summed E-state index contributed by atoms with van der Waals surface area (Å²) >= 11 is 1.39. The molecule has 0 N–H and O–H groups in total. The van der Waals surface area contributed by atoms with Crippen molar-refractivity contribution in [1.29, 1.82) is 0 Å². The van der Waals surface area contributed by atoms with Crippen LogP contribution in [0, 0.1) is 12.8 Å². The zero-order valence-electron chi connectivity index (χ0n) is 17.1. The van der Waals surface area contributed by atoms with Crippen molar-refractivity contribution in [2.24, 2.45) is 5.92 Å². The molecule has 1 atom stereocenters. The SMILES string of the molecule is Cc1nc(-c2cccnc2)sc1C(=O)N1CCCC(C(=O)N(C)c2ccccc2)C1. The van der Waals surface area contributed by atoms with Gasteiger partial charge >= 0.3 is 0 Å². The third kappa shape index (κ3) is 4.11. The van der Waals surface area contributed by atoms with Crippen molar-refractivity contribution in [2.75, 3.05) is 25.0 Å². The lowest BCUT2D eigenvalue weighted by molar-refractivity contribution is -0.123. The van der Waals surface area contributed by atoms with E-state index in [1.807, 2.05) is 49.4 Å². The van der Waals surface area contributed by atoms with Crippen molar-refractivity contribution in [2.45, 2.75) is 19.8 Å². The highest BCUT2D eigenvalue weighted by molar-refractivity contribution is 7.17. The van der Waals surface area contributed by atoms with E-state index in [0.717, 1.165) is 34.8 Å². The molecule has 0 bridgehead atoms. The first kappa shape index (κ1) is 20.2. The fourth-order valence-corrected chi connectivity index (χ4v) is 4.79. The Kier molecular flexibility index (Phi) is 5.90. The van der Waals surface area contributed by atoms with Gasteiger partial charge in [0, 0.05) is 43.8 Å². The molecule has 0 aliphatic carbocycles. The molecule has 0 saturated carbocycles. The first-order chi connectivity index (χ1) is 14.5. The van der Waals surface area contributed by atoms with E-state index in [2.05, 4.69) is 9.97 Å². The minimum absolute atomic E-state index is 0.0417. The Morgan fingerprint density at radius 2 is 1.97 bits per heavy atom. The maximum Gasteiger partial charge on any atom is 0.265 e. The number of likely N-dealkylation sites (tertiary alicyclic amines) is 1. The maximum atomic E-state index is 13.2. The molecular formula is C23H24N4O2S. The third-order valence-corrected chi connectivity index (χ3v) is 6.63. The number of pyridine rings is 1. The summed E-state index contributed by atoms with van der Waals surface area (Å²) in [7, 11) is 1.80. The second kappa shape index (κ2) is 8.75. The molecule has 4 rings (SSSR count). The topological polar surface area (TPSA) is 66.4 Å². The highest BCUT2D eigenvalue weighted by Gasteiger charge is 2.32. The van der Waals surface area contributed by atoms with Crippen LogP contribution in [-0.4, -0.2) is 46.8 Å². The van der Waals surface area contributed by atoms with E-state index in [1.54, 1.807) is 29.2 Å². The van der Waals surface area contributed by atoms with Crippen molar-refractivity contribution >= 4 is 28.8 Å². The summed E-state index contributed by atoms with van der Waals surface area (Å²) in [6.07, 6.45) is 5.08. The van der Waals surface area contributed by atoms with Crippen LogP contribution in [0.3, 0.4) is 0 Å². The lowest BCUT2D eigenvalue weighted by Crippen LogP contribution is -2.46. The molecule has 2 aromatic heterocycles. The van der Waals surface area contributed by atoms with E-state index >= 15 is 0 Å². The van der Waals surface area contributed by atoms with E-state index in [1.165, 1.54) is 11.3 Å². The predicted molar refractivity (Wildman–Crippen MR) is 119 cm³/mol. The number of aryl methyl sites for hydroxylation is 1. The average molecular weight is 421 g/mol. The van der Waals surface area contributed by atoms with Gasteiger partial charge in [-0.1, -0.05) is 18.2 Å². The Morgan fingerprint density at radius 1 is 1.17 bits per heavy atom. The van der Waals surface area contributed by atoms with Crippen LogP contribution in [0.25, 0.3) is 10.6 Å². The summed E-state index contributed by atoms with van der Waals surface area (Å²) in [5, 5.41) is 0.789. The van der Waals surface area contributed by atoms with Gasteiger partial charge in [-0.2, -0.15) is 0 Å². The number of hydrogen-bond donors (Lipinski definition) is 0. The van der Waals surface area contributed by atoms with E-state index in [-0.39, 0.29) is 17.7 Å². The van der Waals surface area contributed by atoms with Gasteiger partial charge in [-0.05, 0) is 44.0 Å². The van der Waals surface area contributed by atoms with Crippen molar-refractivity contribution in [3.63, 3.8) is 0 Å². The van der Waals surface area contributed by atoms with Crippen LogP contribution < -0.4 is 4.90 Å². The van der Waals surface area contributed by atoms with Gasteiger partial charge in [0.05, 0.1) is 11.6 Å². The quantitative estimate of drug-likeness (QED) is 0.639. The molecule has 1 aliphatic heterocycles. The van der Waals surface area contributed by atoms with Gasteiger partial charge in [0.1, 0.15) is 9.88 Å². The molecule has 6 nitrogen and oxygen atoms in total. The zero-order valence-corrected chi connectivity index (χ0v) is 17.9. The number of hydrogen-bond acceptors (Lipinski definition) is 5. The highest BCUT2D eigenvalue weighted by Crippen LogP contribution is 2.30. The van der Waals surface area contributed by atoms with Crippen LogP contribution in [0.15, 0.2) is 54.9 Å². The van der Waals surface area contributed by atoms with Crippen molar-refractivity contribution in [3.8, 4) is 10.6 Å². The molecule has 2 amide bonds. The highest BCUT2D eigenvalue weighted by atomic mass is 32.1. The Labute approximate surface area is 180 Å². The molecule has 0 spiro atoms. The number of para-hydroxylation sites is 1. The van der Waals surface area contributed by atoms with Gasteiger partial charge in [0.15, 0.2) is 0 Å². The molecule has 154 valence electrons. The number of amides is 2. The average Bonchev–Trinajstić information content (AvgIpc) is 3.20. The molecule has 1 aromatic carbocycles. The number of carbonyl (C=O) groups is 2. The van der Waals surface area contributed by atoms with Gasteiger partial charge in [-0.25, -0.2) is 4.98 Å². The Bertz CT molecular complexity index is 1040. The first-order valence-electron chi connectivity index (χ1n) is 10.0. The lowest BCUT2D eigenvalue weighted by Gasteiger charge is -2.33. The van der Waals surface area contributed by atoms with Gasteiger partial charge < -0.3 is 9.80 Å². The van der Waals surface area contributed by atoms with Crippen LogP contribution in [-0.2, 0) is 4.79 Å². The standard InChI is InChI=1S/C23H24N4O2S/c1-16-20(30-21(25-16)17-8-6-12-24-14-17)23(29)27-13-7-9-18(15-27)22(28)26(2)19-10-4-3-5-11-19/h3-6,8,10-12,14,18H,7,9,13,15H2,1-2H3. The fourth-order valence-electron chi connectivity index (χ4n) is 3.77. The Hall–Kier alpha value is -3.06. The number of rotatable bonds is 4. The molecule has 1 unspecified atom stereocenters. The predicted octanol–water partition coefficient (Wildman–Crippen LogP) is 4.03. The maximum absolute atomic E-state index is 13.2. The van der Waals surface area contributed by atoms with Gasteiger partial charge in [-0.3, -0.25) is 14.6 Å². The number of piperidine rings is 1. The van der Waals surface area contributed by atoms with Gasteiger partial charge in [0.2, 0.25) is 5.91 Å². The second-order valence-electron chi connectivity index (χ2n) is 7.50. The van der Waals surface area contributed by atoms with E-state index in [9.17, 15) is 9.59 Å². The molecule has 1 saturated heterocycles. The molecular weight excluding hydrogens is 396 g/mol. The number of nitrogens with zero attached hydrogens (tertiary/aromatic N) is 4. The molecule has 1 aliphatic rings. The third-order valence-electron chi connectivity index (χ3n) is 5.43. The Balaban J connectivity index is 1.49. The number of benzene rings is 1. The Morgan fingerprint density at radius 3 is 2.70 bits per heavy atom. The molecule has 0 radical (unpaired) electrons. The van der Waals surface area contributed by atoms with Crippen LogP contribution in [0.4, 0.5) is 5.69 Å². The largest absolute Gasteiger partial charge is 0.337 e.